The van der Waals surface area contributed by atoms with E-state index in [2.05, 4.69) is 30.7 Å². The predicted molar refractivity (Wildman–Crippen MR) is 82.7 cm³/mol. The highest BCUT2D eigenvalue weighted by Gasteiger charge is 2.18. The number of carbonyl (C=O) groups excluding carboxylic acids is 1. The van der Waals surface area contributed by atoms with Crippen molar-refractivity contribution in [1.82, 2.24) is 29.9 Å². The van der Waals surface area contributed by atoms with Gasteiger partial charge in [-0.25, -0.2) is 4.98 Å². The average molecular weight is 309 g/mol. The van der Waals surface area contributed by atoms with Crippen molar-refractivity contribution in [2.75, 3.05) is 5.32 Å². The number of aryl methyl sites for hydroxylation is 1. The zero-order valence-electron chi connectivity index (χ0n) is 12.4. The van der Waals surface area contributed by atoms with Gasteiger partial charge in [0.25, 0.3) is 5.91 Å². The van der Waals surface area contributed by atoms with E-state index in [1.54, 1.807) is 12.1 Å². The SMILES string of the molecule is O=C(Nc1nnc2n1CCCC2)c1cccc(-c2ncn[nH]2)c1. The molecule has 1 aliphatic heterocycles. The third kappa shape index (κ3) is 2.59. The Bertz CT molecular complexity index is 837. The van der Waals surface area contributed by atoms with Crippen molar-refractivity contribution in [2.45, 2.75) is 25.8 Å². The first-order valence-electron chi connectivity index (χ1n) is 7.50. The van der Waals surface area contributed by atoms with Gasteiger partial charge in [-0.15, -0.1) is 10.2 Å². The van der Waals surface area contributed by atoms with Gasteiger partial charge in [-0.2, -0.15) is 5.10 Å². The Morgan fingerprint density at radius 1 is 1.26 bits per heavy atom. The number of aromatic nitrogens is 6. The van der Waals surface area contributed by atoms with Gasteiger partial charge in [-0.1, -0.05) is 12.1 Å². The fourth-order valence-corrected chi connectivity index (χ4v) is 2.73. The molecule has 1 aromatic carbocycles. The minimum Gasteiger partial charge on any atom is -0.297 e. The Labute approximate surface area is 132 Å². The molecule has 4 rings (SSSR count). The van der Waals surface area contributed by atoms with Crippen LogP contribution in [-0.2, 0) is 13.0 Å². The van der Waals surface area contributed by atoms with Crippen LogP contribution in [0.2, 0.25) is 0 Å². The van der Waals surface area contributed by atoms with Crippen LogP contribution in [0.3, 0.4) is 0 Å². The standard InChI is InChI=1S/C15H15N7O/c23-14(18-15-21-19-12-6-1-2-7-22(12)15)11-5-3-4-10(8-11)13-16-9-17-20-13/h3-5,8-9H,1-2,6-7H2,(H,16,17,20)(H,18,21,23). The summed E-state index contributed by atoms with van der Waals surface area (Å²) in [5.74, 6) is 1.85. The number of H-pyrrole nitrogens is 1. The molecule has 0 radical (unpaired) electrons. The summed E-state index contributed by atoms with van der Waals surface area (Å²) in [6.07, 6.45) is 4.54. The highest BCUT2D eigenvalue weighted by molar-refractivity contribution is 6.04. The molecule has 3 aromatic rings. The van der Waals surface area contributed by atoms with Gasteiger partial charge in [0.1, 0.15) is 12.2 Å². The quantitative estimate of drug-likeness (QED) is 0.766. The molecule has 2 aromatic heterocycles. The van der Waals surface area contributed by atoms with E-state index in [4.69, 9.17) is 0 Å². The van der Waals surface area contributed by atoms with Crippen LogP contribution in [0.4, 0.5) is 5.95 Å². The molecule has 0 atom stereocenters. The van der Waals surface area contributed by atoms with Gasteiger partial charge in [-0.05, 0) is 25.0 Å². The first kappa shape index (κ1) is 13.6. The van der Waals surface area contributed by atoms with Gasteiger partial charge in [-0.3, -0.25) is 19.8 Å². The van der Waals surface area contributed by atoms with E-state index in [-0.39, 0.29) is 5.91 Å². The van der Waals surface area contributed by atoms with Gasteiger partial charge in [0.05, 0.1) is 0 Å². The molecule has 0 bridgehead atoms. The van der Waals surface area contributed by atoms with Crippen LogP contribution in [0.15, 0.2) is 30.6 Å². The Morgan fingerprint density at radius 3 is 3.09 bits per heavy atom. The van der Waals surface area contributed by atoms with Crippen molar-refractivity contribution < 1.29 is 4.79 Å². The molecule has 0 aliphatic carbocycles. The number of amides is 1. The number of hydrogen-bond acceptors (Lipinski definition) is 5. The first-order valence-corrected chi connectivity index (χ1v) is 7.50. The van der Waals surface area contributed by atoms with Crippen molar-refractivity contribution in [2.24, 2.45) is 0 Å². The van der Waals surface area contributed by atoms with E-state index in [1.165, 1.54) is 6.33 Å². The minimum atomic E-state index is -0.216. The number of benzene rings is 1. The Hall–Kier alpha value is -3.03. The lowest BCUT2D eigenvalue weighted by Gasteiger charge is -2.14. The molecule has 116 valence electrons. The second-order valence-electron chi connectivity index (χ2n) is 5.42. The number of nitrogens with zero attached hydrogens (tertiary/aromatic N) is 5. The maximum Gasteiger partial charge on any atom is 0.258 e. The Kier molecular flexibility index (Phi) is 3.34. The number of nitrogens with one attached hydrogen (secondary N) is 2. The fourth-order valence-electron chi connectivity index (χ4n) is 2.73. The molecule has 3 heterocycles. The van der Waals surface area contributed by atoms with E-state index in [0.29, 0.717) is 17.3 Å². The van der Waals surface area contributed by atoms with Crippen LogP contribution in [0.1, 0.15) is 29.0 Å². The molecule has 0 saturated carbocycles. The van der Waals surface area contributed by atoms with Crippen LogP contribution in [-0.4, -0.2) is 35.9 Å². The van der Waals surface area contributed by atoms with Gasteiger partial charge in [0.2, 0.25) is 5.95 Å². The summed E-state index contributed by atoms with van der Waals surface area (Å²) in [4.78, 5) is 16.6. The van der Waals surface area contributed by atoms with Gasteiger partial charge < -0.3 is 0 Å². The van der Waals surface area contributed by atoms with Crippen LogP contribution in [0.5, 0.6) is 0 Å². The molecule has 0 fully saturated rings. The molecule has 8 heteroatoms. The van der Waals surface area contributed by atoms with Crippen molar-refractivity contribution in [3.8, 4) is 11.4 Å². The van der Waals surface area contributed by atoms with Crippen molar-refractivity contribution in [3.05, 3.63) is 42.0 Å². The summed E-state index contributed by atoms with van der Waals surface area (Å²) in [5, 5.41) is 17.7. The fraction of sp³-hybridized carbons (Fsp3) is 0.267. The summed E-state index contributed by atoms with van der Waals surface area (Å²) in [5.41, 5.74) is 1.34. The normalized spacial score (nSPS) is 13.6. The summed E-state index contributed by atoms with van der Waals surface area (Å²) in [6.45, 7) is 0.843. The third-order valence-corrected chi connectivity index (χ3v) is 3.90. The number of carbonyl (C=O) groups is 1. The van der Waals surface area contributed by atoms with E-state index in [1.807, 2.05) is 16.7 Å². The predicted octanol–water partition coefficient (Wildman–Crippen LogP) is 1.65. The van der Waals surface area contributed by atoms with E-state index < -0.39 is 0 Å². The summed E-state index contributed by atoms with van der Waals surface area (Å²) in [6, 6.07) is 7.20. The summed E-state index contributed by atoms with van der Waals surface area (Å²) >= 11 is 0. The molecular weight excluding hydrogens is 294 g/mol. The monoisotopic (exact) mass is 309 g/mol. The van der Waals surface area contributed by atoms with Crippen molar-refractivity contribution in [1.29, 1.82) is 0 Å². The Balaban J connectivity index is 1.58. The molecule has 2 N–H and O–H groups in total. The van der Waals surface area contributed by atoms with Crippen molar-refractivity contribution >= 4 is 11.9 Å². The average Bonchev–Trinajstić information content (AvgIpc) is 3.25. The third-order valence-electron chi connectivity index (χ3n) is 3.90. The zero-order valence-corrected chi connectivity index (χ0v) is 12.4. The lowest BCUT2D eigenvalue weighted by atomic mass is 10.1. The second kappa shape index (κ2) is 5.64. The minimum absolute atomic E-state index is 0.216. The van der Waals surface area contributed by atoms with Crippen molar-refractivity contribution in [3.63, 3.8) is 0 Å². The molecular formula is C15H15N7O. The van der Waals surface area contributed by atoms with E-state index >= 15 is 0 Å². The molecule has 8 nitrogen and oxygen atoms in total. The van der Waals surface area contributed by atoms with Gasteiger partial charge >= 0.3 is 0 Å². The molecule has 1 aliphatic rings. The van der Waals surface area contributed by atoms with Gasteiger partial charge in [0, 0.05) is 24.1 Å². The Morgan fingerprint density at radius 2 is 2.22 bits per heavy atom. The first-order chi connectivity index (χ1) is 11.3. The number of aromatic amines is 1. The number of fused-ring (bicyclic) bond motifs is 1. The summed E-state index contributed by atoms with van der Waals surface area (Å²) in [7, 11) is 0. The zero-order chi connectivity index (χ0) is 15.6. The highest BCUT2D eigenvalue weighted by atomic mass is 16.1. The topological polar surface area (TPSA) is 101 Å². The largest absolute Gasteiger partial charge is 0.297 e. The van der Waals surface area contributed by atoms with Crippen LogP contribution in [0.25, 0.3) is 11.4 Å². The second-order valence-corrected chi connectivity index (χ2v) is 5.42. The number of hydrogen-bond donors (Lipinski definition) is 2. The lowest BCUT2D eigenvalue weighted by molar-refractivity contribution is 0.102. The number of anilines is 1. The molecule has 1 amide bonds. The highest BCUT2D eigenvalue weighted by Crippen LogP contribution is 2.19. The van der Waals surface area contributed by atoms with Crippen LogP contribution in [0, 0.1) is 0 Å². The van der Waals surface area contributed by atoms with Crippen LogP contribution < -0.4 is 5.32 Å². The molecule has 0 unspecified atom stereocenters. The molecule has 23 heavy (non-hydrogen) atoms. The lowest BCUT2D eigenvalue weighted by Crippen LogP contribution is -2.18. The van der Waals surface area contributed by atoms with Crippen LogP contribution >= 0.6 is 0 Å². The molecule has 0 saturated heterocycles. The number of rotatable bonds is 3. The smallest absolute Gasteiger partial charge is 0.258 e. The van der Waals surface area contributed by atoms with Gasteiger partial charge in [0.15, 0.2) is 5.82 Å². The maximum absolute atomic E-state index is 12.5. The maximum atomic E-state index is 12.5. The van der Waals surface area contributed by atoms with E-state index in [9.17, 15) is 4.79 Å². The molecule has 0 spiro atoms. The van der Waals surface area contributed by atoms with E-state index in [0.717, 1.165) is 37.2 Å². The summed E-state index contributed by atoms with van der Waals surface area (Å²) < 4.78 is 1.97.